The lowest BCUT2D eigenvalue weighted by Gasteiger charge is -2.32. The van der Waals surface area contributed by atoms with Gasteiger partial charge >= 0.3 is 0 Å². The van der Waals surface area contributed by atoms with Gasteiger partial charge in [0.15, 0.2) is 0 Å². The molecular weight excluding hydrogens is 250 g/mol. The normalized spacial score (nSPS) is 22.2. The van der Waals surface area contributed by atoms with Crippen LogP contribution in [0.4, 0.5) is 0 Å². The van der Waals surface area contributed by atoms with Crippen LogP contribution in [0, 0.1) is 0 Å². The lowest BCUT2D eigenvalue weighted by Crippen LogP contribution is -2.45. The summed E-state index contributed by atoms with van der Waals surface area (Å²) in [6, 6.07) is 3.14. The van der Waals surface area contributed by atoms with Crippen LogP contribution in [0.3, 0.4) is 0 Å². The first-order valence-corrected chi connectivity index (χ1v) is 7.61. The molecule has 106 valence electrons. The Hall–Kier alpha value is -1.46. The molecule has 3 heterocycles. The molecule has 20 heavy (non-hydrogen) atoms. The van der Waals surface area contributed by atoms with E-state index in [0.717, 1.165) is 31.7 Å². The highest BCUT2D eigenvalue weighted by Crippen LogP contribution is 2.40. The Morgan fingerprint density at radius 3 is 2.85 bits per heavy atom. The van der Waals surface area contributed by atoms with Crippen LogP contribution in [-0.2, 0) is 0 Å². The van der Waals surface area contributed by atoms with E-state index >= 15 is 0 Å². The van der Waals surface area contributed by atoms with Gasteiger partial charge in [0.25, 0.3) is 0 Å². The van der Waals surface area contributed by atoms with E-state index < -0.39 is 0 Å². The number of pyridine rings is 1. The lowest BCUT2D eigenvalue weighted by atomic mass is 10.2. The Kier molecular flexibility index (Phi) is 2.97. The van der Waals surface area contributed by atoms with Gasteiger partial charge in [-0.3, -0.25) is 9.88 Å². The Bertz CT molecular complexity index is 610. The van der Waals surface area contributed by atoms with E-state index in [9.17, 15) is 0 Å². The van der Waals surface area contributed by atoms with Crippen LogP contribution >= 0.6 is 0 Å². The number of aromatic nitrogens is 3. The predicted molar refractivity (Wildman–Crippen MR) is 78.7 cm³/mol. The zero-order chi connectivity index (χ0) is 13.5. The van der Waals surface area contributed by atoms with Crippen LogP contribution in [0.1, 0.15) is 37.7 Å². The highest BCUT2D eigenvalue weighted by Gasteiger charge is 2.31. The Balaban J connectivity index is 1.76. The van der Waals surface area contributed by atoms with Gasteiger partial charge in [-0.25, -0.2) is 4.98 Å². The van der Waals surface area contributed by atoms with E-state index in [-0.39, 0.29) is 0 Å². The van der Waals surface area contributed by atoms with Crippen molar-refractivity contribution in [2.24, 2.45) is 0 Å². The molecule has 1 unspecified atom stereocenters. The summed E-state index contributed by atoms with van der Waals surface area (Å²) in [6.07, 6.45) is 6.34. The molecule has 1 N–H and O–H groups in total. The SMILES string of the molecule is CC(c1nc2cnccc2n1C1CC1)N1CCNCC1. The van der Waals surface area contributed by atoms with Crippen molar-refractivity contribution in [1.29, 1.82) is 0 Å². The van der Waals surface area contributed by atoms with E-state index in [2.05, 4.69) is 32.8 Å². The van der Waals surface area contributed by atoms with Crippen molar-refractivity contribution < 1.29 is 0 Å². The molecule has 0 bridgehead atoms. The molecule has 5 heteroatoms. The van der Waals surface area contributed by atoms with Crippen molar-refractivity contribution in [3.8, 4) is 0 Å². The predicted octanol–water partition coefficient (Wildman–Crippen LogP) is 1.73. The van der Waals surface area contributed by atoms with E-state index in [1.807, 2.05) is 12.4 Å². The summed E-state index contributed by atoms with van der Waals surface area (Å²) < 4.78 is 2.46. The van der Waals surface area contributed by atoms with Gasteiger partial charge in [0.1, 0.15) is 11.3 Å². The summed E-state index contributed by atoms with van der Waals surface area (Å²) in [5.41, 5.74) is 2.29. The highest BCUT2D eigenvalue weighted by atomic mass is 15.3. The molecule has 2 aliphatic rings. The fraction of sp³-hybridized carbons (Fsp3) is 0.600. The van der Waals surface area contributed by atoms with Crippen molar-refractivity contribution in [2.45, 2.75) is 31.8 Å². The van der Waals surface area contributed by atoms with Crippen molar-refractivity contribution in [1.82, 2.24) is 24.8 Å². The van der Waals surface area contributed by atoms with Crippen LogP contribution in [-0.4, -0.2) is 45.6 Å². The van der Waals surface area contributed by atoms with Crippen LogP contribution in [0.25, 0.3) is 11.0 Å². The summed E-state index contributed by atoms with van der Waals surface area (Å²) >= 11 is 0. The molecule has 1 atom stereocenters. The molecule has 2 aromatic rings. The second-order valence-corrected chi connectivity index (χ2v) is 5.90. The Labute approximate surface area is 119 Å². The first-order chi connectivity index (χ1) is 9.84. The molecule has 1 saturated heterocycles. The van der Waals surface area contributed by atoms with E-state index in [4.69, 9.17) is 4.98 Å². The molecule has 1 aliphatic carbocycles. The number of rotatable bonds is 3. The minimum absolute atomic E-state index is 0.380. The largest absolute Gasteiger partial charge is 0.323 e. The molecular formula is C15H21N5. The van der Waals surface area contributed by atoms with Crippen LogP contribution in [0.15, 0.2) is 18.5 Å². The maximum absolute atomic E-state index is 4.89. The summed E-state index contributed by atoms with van der Waals surface area (Å²) in [5, 5.41) is 3.42. The van der Waals surface area contributed by atoms with Crippen molar-refractivity contribution in [3.05, 3.63) is 24.3 Å². The van der Waals surface area contributed by atoms with Gasteiger partial charge in [-0.05, 0) is 25.8 Å². The van der Waals surface area contributed by atoms with E-state index in [1.165, 1.54) is 24.2 Å². The molecule has 2 aromatic heterocycles. The summed E-state index contributed by atoms with van der Waals surface area (Å²) in [6.45, 7) is 6.66. The van der Waals surface area contributed by atoms with Gasteiger partial charge in [0.2, 0.25) is 0 Å². The zero-order valence-electron chi connectivity index (χ0n) is 11.9. The van der Waals surface area contributed by atoms with Gasteiger partial charge in [-0.15, -0.1) is 0 Å². The van der Waals surface area contributed by atoms with Crippen molar-refractivity contribution >= 4 is 11.0 Å². The topological polar surface area (TPSA) is 46.0 Å². The number of fused-ring (bicyclic) bond motifs is 1. The molecule has 5 nitrogen and oxygen atoms in total. The van der Waals surface area contributed by atoms with Crippen molar-refractivity contribution in [3.63, 3.8) is 0 Å². The fourth-order valence-corrected chi connectivity index (χ4v) is 3.21. The molecule has 0 amide bonds. The number of piperazine rings is 1. The van der Waals surface area contributed by atoms with Gasteiger partial charge < -0.3 is 9.88 Å². The third-order valence-corrected chi connectivity index (χ3v) is 4.50. The zero-order valence-corrected chi connectivity index (χ0v) is 11.9. The fourth-order valence-electron chi connectivity index (χ4n) is 3.21. The average molecular weight is 271 g/mol. The molecule has 2 fully saturated rings. The molecule has 0 radical (unpaired) electrons. The Morgan fingerprint density at radius 1 is 1.30 bits per heavy atom. The first-order valence-electron chi connectivity index (χ1n) is 7.61. The lowest BCUT2D eigenvalue weighted by molar-refractivity contribution is 0.176. The molecule has 1 saturated carbocycles. The monoisotopic (exact) mass is 271 g/mol. The number of hydrogen-bond acceptors (Lipinski definition) is 4. The summed E-state index contributed by atoms with van der Waals surface area (Å²) in [7, 11) is 0. The van der Waals surface area contributed by atoms with Crippen molar-refractivity contribution in [2.75, 3.05) is 26.2 Å². The van der Waals surface area contributed by atoms with Gasteiger partial charge in [-0.1, -0.05) is 0 Å². The van der Waals surface area contributed by atoms with Crippen LogP contribution in [0.2, 0.25) is 0 Å². The van der Waals surface area contributed by atoms with Crippen LogP contribution < -0.4 is 5.32 Å². The van der Waals surface area contributed by atoms with Gasteiger partial charge in [0.05, 0.1) is 17.8 Å². The second-order valence-electron chi connectivity index (χ2n) is 5.90. The maximum Gasteiger partial charge on any atom is 0.127 e. The van der Waals surface area contributed by atoms with E-state index in [0.29, 0.717) is 12.1 Å². The highest BCUT2D eigenvalue weighted by molar-refractivity contribution is 5.75. The molecule has 0 aromatic carbocycles. The molecule has 1 aliphatic heterocycles. The standard InChI is InChI=1S/C15H21N5/c1-11(19-8-6-16-7-9-19)15-18-13-10-17-5-4-14(13)20(15)12-2-3-12/h4-5,10-12,16H,2-3,6-9H2,1H3. The van der Waals surface area contributed by atoms with Crippen LogP contribution in [0.5, 0.6) is 0 Å². The molecule has 4 rings (SSSR count). The maximum atomic E-state index is 4.89. The Morgan fingerprint density at radius 2 is 2.10 bits per heavy atom. The van der Waals surface area contributed by atoms with Gasteiger partial charge in [-0.2, -0.15) is 0 Å². The number of hydrogen-bond donors (Lipinski definition) is 1. The van der Waals surface area contributed by atoms with E-state index in [1.54, 1.807) is 0 Å². The average Bonchev–Trinajstić information content (AvgIpc) is 3.27. The quantitative estimate of drug-likeness (QED) is 0.923. The number of nitrogens with zero attached hydrogens (tertiary/aromatic N) is 4. The smallest absolute Gasteiger partial charge is 0.127 e. The first kappa shape index (κ1) is 12.3. The number of imidazole rings is 1. The second kappa shape index (κ2) is 4.82. The molecule has 0 spiro atoms. The third kappa shape index (κ3) is 2.01. The number of nitrogens with one attached hydrogen (secondary N) is 1. The minimum atomic E-state index is 0.380. The van der Waals surface area contributed by atoms with Gasteiger partial charge in [0, 0.05) is 38.4 Å². The summed E-state index contributed by atoms with van der Waals surface area (Å²) in [4.78, 5) is 11.6. The summed E-state index contributed by atoms with van der Waals surface area (Å²) in [5.74, 6) is 1.22. The third-order valence-electron chi connectivity index (χ3n) is 4.50. The minimum Gasteiger partial charge on any atom is -0.323 e.